The number of fused-ring (bicyclic) bond motifs is 3. The van der Waals surface area contributed by atoms with Crippen LogP contribution in [0, 0.1) is 5.92 Å². The van der Waals surface area contributed by atoms with Crippen LogP contribution in [-0.4, -0.2) is 36.7 Å². The van der Waals surface area contributed by atoms with Crippen LogP contribution in [0.2, 0.25) is 0 Å². The third kappa shape index (κ3) is 1.39. The molecule has 4 nitrogen and oxygen atoms in total. The normalized spacial score (nSPS) is 37.7. The Bertz CT molecular complexity index is 220. The third-order valence-corrected chi connectivity index (χ3v) is 3.23. The molecular weight excluding hydrogens is 168 g/mol. The van der Waals surface area contributed by atoms with Gasteiger partial charge in [0.2, 0.25) is 0 Å². The van der Waals surface area contributed by atoms with Crippen molar-refractivity contribution in [2.75, 3.05) is 13.7 Å². The molecule has 1 aliphatic carbocycles. The molecule has 4 heteroatoms. The molecule has 3 aliphatic rings. The minimum absolute atomic E-state index is 0.159. The first kappa shape index (κ1) is 8.81. The van der Waals surface area contributed by atoms with E-state index in [9.17, 15) is 4.79 Å². The molecule has 2 heterocycles. The first-order valence-electron chi connectivity index (χ1n) is 4.82. The zero-order valence-electron chi connectivity index (χ0n) is 7.90. The summed E-state index contributed by atoms with van der Waals surface area (Å²) in [5, 5.41) is 0. The second kappa shape index (κ2) is 3.18. The Morgan fingerprint density at radius 3 is 2.85 bits per heavy atom. The van der Waals surface area contributed by atoms with Crippen LogP contribution in [0.15, 0.2) is 0 Å². The zero-order valence-corrected chi connectivity index (χ0v) is 7.90. The van der Waals surface area contributed by atoms with Gasteiger partial charge in [0.05, 0.1) is 13.2 Å². The molecule has 0 radical (unpaired) electrons. The molecular formula is C9H16N2O2. The minimum Gasteiger partial charge on any atom is -0.453 e. The van der Waals surface area contributed by atoms with Crippen LogP contribution >= 0.6 is 0 Å². The topological polar surface area (TPSA) is 55.6 Å². The van der Waals surface area contributed by atoms with Crippen molar-refractivity contribution < 1.29 is 9.53 Å². The van der Waals surface area contributed by atoms with Crippen molar-refractivity contribution in [1.82, 2.24) is 4.90 Å². The molecule has 13 heavy (non-hydrogen) atoms. The Labute approximate surface area is 78.0 Å². The SMILES string of the molecule is COC(=O)N1CC2CCC1C(N)C2. The summed E-state index contributed by atoms with van der Waals surface area (Å²) >= 11 is 0. The molecule has 3 fully saturated rings. The van der Waals surface area contributed by atoms with Crippen molar-refractivity contribution in [2.24, 2.45) is 11.7 Å². The summed E-state index contributed by atoms with van der Waals surface area (Å²) in [5.41, 5.74) is 5.95. The van der Waals surface area contributed by atoms with Crippen LogP contribution in [-0.2, 0) is 4.74 Å². The lowest BCUT2D eigenvalue weighted by Gasteiger charge is -2.47. The molecule has 74 valence electrons. The predicted octanol–water partition coefficient (Wildman–Crippen LogP) is 0.564. The molecule has 2 N–H and O–H groups in total. The maximum Gasteiger partial charge on any atom is 0.409 e. The lowest BCUT2D eigenvalue weighted by molar-refractivity contribution is 0.0276. The zero-order chi connectivity index (χ0) is 9.42. The number of ether oxygens (including phenoxy) is 1. The van der Waals surface area contributed by atoms with Crippen LogP contribution in [0.5, 0.6) is 0 Å². The summed E-state index contributed by atoms with van der Waals surface area (Å²) in [5.74, 6) is 0.596. The molecule has 3 atom stereocenters. The maximum absolute atomic E-state index is 11.4. The first-order valence-corrected chi connectivity index (χ1v) is 4.82. The number of nitrogens with zero attached hydrogens (tertiary/aromatic N) is 1. The van der Waals surface area contributed by atoms with E-state index in [0.29, 0.717) is 5.92 Å². The van der Waals surface area contributed by atoms with E-state index in [1.165, 1.54) is 13.5 Å². The second-order valence-corrected chi connectivity index (χ2v) is 4.03. The Balaban J connectivity index is 2.10. The van der Waals surface area contributed by atoms with Gasteiger partial charge in [-0.1, -0.05) is 0 Å². The molecule has 0 aromatic carbocycles. The molecule has 0 aromatic rings. The molecule has 2 aliphatic heterocycles. The Kier molecular flexibility index (Phi) is 2.15. The van der Waals surface area contributed by atoms with Crippen molar-refractivity contribution in [3.63, 3.8) is 0 Å². The standard InChI is InChI=1S/C9H16N2O2/c1-13-9(12)11-5-6-2-3-8(11)7(10)4-6/h6-8H,2-5,10H2,1H3. The van der Waals surface area contributed by atoms with Crippen LogP contribution < -0.4 is 5.73 Å². The number of piperidine rings is 2. The van der Waals surface area contributed by atoms with E-state index in [0.717, 1.165) is 19.4 Å². The number of amides is 1. The Hall–Kier alpha value is -0.770. The maximum atomic E-state index is 11.4. The van der Waals surface area contributed by atoms with Gasteiger partial charge in [0, 0.05) is 12.6 Å². The van der Waals surface area contributed by atoms with Gasteiger partial charge in [0.25, 0.3) is 0 Å². The van der Waals surface area contributed by atoms with Gasteiger partial charge in [-0.15, -0.1) is 0 Å². The van der Waals surface area contributed by atoms with Gasteiger partial charge in [-0.05, 0) is 25.2 Å². The van der Waals surface area contributed by atoms with Gasteiger partial charge < -0.3 is 15.4 Å². The molecule has 2 saturated heterocycles. The van der Waals surface area contributed by atoms with E-state index in [1.54, 1.807) is 4.90 Å². The molecule has 2 bridgehead atoms. The van der Waals surface area contributed by atoms with E-state index in [-0.39, 0.29) is 18.2 Å². The summed E-state index contributed by atoms with van der Waals surface area (Å²) in [6, 6.07) is 0.379. The van der Waals surface area contributed by atoms with Crippen molar-refractivity contribution >= 4 is 6.09 Å². The Morgan fingerprint density at radius 1 is 1.54 bits per heavy atom. The van der Waals surface area contributed by atoms with Crippen molar-refractivity contribution in [3.05, 3.63) is 0 Å². The molecule has 3 rings (SSSR count). The van der Waals surface area contributed by atoms with Crippen molar-refractivity contribution in [1.29, 1.82) is 0 Å². The van der Waals surface area contributed by atoms with Crippen molar-refractivity contribution in [2.45, 2.75) is 31.3 Å². The fourth-order valence-corrected chi connectivity index (χ4v) is 2.57. The van der Waals surface area contributed by atoms with Gasteiger partial charge in [-0.3, -0.25) is 0 Å². The average Bonchev–Trinajstić information content (AvgIpc) is 2.17. The minimum atomic E-state index is -0.218. The summed E-state index contributed by atoms with van der Waals surface area (Å²) in [6.07, 6.45) is 3.11. The summed E-state index contributed by atoms with van der Waals surface area (Å²) < 4.78 is 4.72. The van der Waals surface area contributed by atoms with Gasteiger partial charge in [0.1, 0.15) is 0 Å². The number of rotatable bonds is 0. The fourth-order valence-electron chi connectivity index (χ4n) is 2.57. The number of carbonyl (C=O) groups is 1. The van der Waals surface area contributed by atoms with E-state index in [1.807, 2.05) is 0 Å². The van der Waals surface area contributed by atoms with Gasteiger partial charge in [-0.2, -0.15) is 0 Å². The van der Waals surface area contributed by atoms with Crippen LogP contribution in [0.3, 0.4) is 0 Å². The van der Waals surface area contributed by atoms with Crippen LogP contribution in [0.1, 0.15) is 19.3 Å². The molecule has 1 amide bonds. The average molecular weight is 184 g/mol. The highest BCUT2D eigenvalue weighted by Crippen LogP contribution is 2.34. The van der Waals surface area contributed by atoms with Crippen LogP contribution in [0.25, 0.3) is 0 Å². The van der Waals surface area contributed by atoms with E-state index < -0.39 is 0 Å². The van der Waals surface area contributed by atoms with E-state index >= 15 is 0 Å². The summed E-state index contributed by atoms with van der Waals surface area (Å²) in [6.45, 7) is 0.838. The molecule has 3 unspecified atom stereocenters. The van der Waals surface area contributed by atoms with Gasteiger partial charge in [0.15, 0.2) is 0 Å². The Morgan fingerprint density at radius 2 is 2.31 bits per heavy atom. The number of hydrogen-bond donors (Lipinski definition) is 1. The molecule has 0 aromatic heterocycles. The highest BCUT2D eigenvalue weighted by atomic mass is 16.5. The third-order valence-electron chi connectivity index (χ3n) is 3.23. The van der Waals surface area contributed by atoms with Gasteiger partial charge in [-0.25, -0.2) is 4.79 Å². The number of nitrogens with two attached hydrogens (primary N) is 1. The highest BCUT2D eigenvalue weighted by Gasteiger charge is 2.41. The first-order chi connectivity index (χ1) is 6.22. The molecule has 0 spiro atoms. The molecule has 1 saturated carbocycles. The predicted molar refractivity (Wildman–Crippen MR) is 48.2 cm³/mol. The van der Waals surface area contributed by atoms with Crippen molar-refractivity contribution in [3.8, 4) is 0 Å². The van der Waals surface area contributed by atoms with Gasteiger partial charge >= 0.3 is 6.09 Å². The van der Waals surface area contributed by atoms with Crippen LogP contribution in [0.4, 0.5) is 4.79 Å². The number of hydrogen-bond acceptors (Lipinski definition) is 3. The second-order valence-electron chi connectivity index (χ2n) is 4.03. The van der Waals surface area contributed by atoms with E-state index in [4.69, 9.17) is 10.5 Å². The fraction of sp³-hybridized carbons (Fsp3) is 0.889. The highest BCUT2D eigenvalue weighted by molar-refractivity contribution is 5.68. The largest absolute Gasteiger partial charge is 0.453 e. The smallest absolute Gasteiger partial charge is 0.409 e. The van der Waals surface area contributed by atoms with E-state index in [2.05, 4.69) is 0 Å². The summed E-state index contributed by atoms with van der Waals surface area (Å²) in [7, 11) is 1.43. The summed E-state index contributed by atoms with van der Waals surface area (Å²) in [4.78, 5) is 13.1. The number of carbonyl (C=O) groups excluding carboxylic acids is 1. The lowest BCUT2D eigenvalue weighted by Crippen LogP contribution is -2.60. The lowest BCUT2D eigenvalue weighted by atomic mass is 9.77. The number of methoxy groups -OCH3 is 1. The quantitative estimate of drug-likeness (QED) is 0.598. The monoisotopic (exact) mass is 184 g/mol.